The number of halogens is 6. The number of carbonyl (C=O) groups excluding carboxylic acids is 1. The Hall–Kier alpha value is -2.34. The van der Waals surface area contributed by atoms with Gasteiger partial charge in [-0.3, -0.25) is 4.79 Å². The summed E-state index contributed by atoms with van der Waals surface area (Å²) < 4.78 is 104. The van der Waals surface area contributed by atoms with Gasteiger partial charge in [-0.15, -0.1) is 0 Å². The van der Waals surface area contributed by atoms with Crippen LogP contribution in [-0.2, 0) is 27.2 Å². The van der Waals surface area contributed by atoms with Gasteiger partial charge in [0.05, 0.1) is 16.0 Å². The third-order valence-corrected chi connectivity index (χ3v) is 6.17. The molecule has 166 valence electrons. The van der Waals surface area contributed by atoms with Crippen molar-refractivity contribution < 1.29 is 39.6 Å². The number of hydrogen-bond acceptors (Lipinski definition) is 3. The maximum Gasteiger partial charge on any atom is 0.416 e. The van der Waals surface area contributed by atoms with E-state index in [4.69, 9.17) is 0 Å². The lowest BCUT2D eigenvalue weighted by Gasteiger charge is -2.33. The summed E-state index contributed by atoms with van der Waals surface area (Å²) in [6, 6.07) is 0.233. The average molecular weight is 456 g/mol. The van der Waals surface area contributed by atoms with E-state index in [1.807, 2.05) is 0 Å². The van der Waals surface area contributed by atoms with Gasteiger partial charge in [0, 0.05) is 32.3 Å². The number of nitrogens with zero attached hydrogens (tertiary/aromatic N) is 2. The zero-order valence-electron chi connectivity index (χ0n) is 15.7. The zero-order chi connectivity index (χ0) is 22.7. The SMILES string of the molecule is CC=CC=CC(=O)N1CCN(S(=O)(=O)c2cc(C(F)(F)F)cc(C(F)(F)F)c2)CC1. The molecule has 5 nitrogen and oxygen atoms in total. The van der Waals surface area contributed by atoms with E-state index in [0.29, 0.717) is 0 Å². The van der Waals surface area contributed by atoms with Crippen LogP contribution in [0, 0.1) is 0 Å². The van der Waals surface area contributed by atoms with Gasteiger partial charge < -0.3 is 4.90 Å². The lowest BCUT2D eigenvalue weighted by Crippen LogP contribution is -2.50. The van der Waals surface area contributed by atoms with E-state index in [2.05, 4.69) is 0 Å². The summed E-state index contributed by atoms with van der Waals surface area (Å²) in [7, 11) is -4.63. The molecule has 1 fully saturated rings. The zero-order valence-corrected chi connectivity index (χ0v) is 16.5. The molecule has 1 aliphatic heterocycles. The summed E-state index contributed by atoms with van der Waals surface area (Å²) >= 11 is 0. The third-order valence-electron chi connectivity index (χ3n) is 4.29. The molecule has 0 radical (unpaired) electrons. The number of rotatable bonds is 4. The molecule has 0 aliphatic carbocycles. The van der Waals surface area contributed by atoms with E-state index in [1.54, 1.807) is 19.1 Å². The lowest BCUT2D eigenvalue weighted by molar-refractivity contribution is -0.143. The van der Waals surface area contributed by atoms with Crippen molar-refractivity contribution in [3.63, 3.8) is 0 Å². The van der Waals surface area contributed by atoms with Crippen molar-refractivity contribution >= 4 is 15.9 Å². The molecule has 0 unspecified atom stereocenters. The standard InChI is InChI=1S/C18H18F6N2O3S/c1-2-3-4-5-16(27)25-6-8-26(9-7-25)30(28,29)15-11-13(17(19,20)21)10-14(12-15)18(22,23)24/h2-5,10-12H,6-9H2,1H3. The van der Waals surface area contributed by atoms with Crippen molar-refractivity contribution in [3.05, 3.63) is 53.6 Å². The lowest BCUT2D eigenvalue weighted by atomic mass is 10.1. The van der Waals surface area contributed by atoms with Crippen LogP contribution in [0.3, 0.4) is 0 Å². The highest BCUT2D eigenvalue weighted by Gasteiger charge is 2.39. The first-order valence-corrected chi connectivity index (χ1v) is 10.1. The number of piperazine rings is 1. The second-order valence-electron chi connectivity index (χ2n) is 6.36. The van der Waals surface area contributed by atoms with Crippen LogP contribution in [0.5, 0.6) is 0 Å². The fraction of sp³-hybridized carbons (Fsp3) is 0.389. The maximum absolute atomic E-state index is 13.0. The molecule has 1 aliphatic rings. The molecule has 0 spiro atoms. The Kier molecular flexibility index (Phi) is 7.02. The Balaban J connectivity index is 2.29. The number of carbonyl (C=O) groups is 1. The van der Waals surface area contributed by atoms with Gasteiger partial charge in [-0.05, 0) is 25.1 Å². The van der Waals surface area contributed by atoms with Crippen molar-refractivity contribution in [2.24, 2.45) is 0 Å². The van der Waals surface area contributed by atoms with Crippen molar-refractivity contribution in [1.29, 1.82) is 0 Å². The highest BCUT2D eigenvalue weighted by atomic mass is 32.2. The molecule has 1 saturated heterocycles. The molecule has 2 rings (SSSR count). The summed E-state index contributed by atoms with van der Waals surface area (Å²) in [5.41, 5.74) is -3.42. The normalized spacial score (nSPS) is 17.2. The monoisotopic (exact) mass is 456 g/mol. The van der Waals surface area contributed by atoms with Crippen molar-refractivity contribution in [2.75, 3.05) is 26.2 Å². The third kappa shape index (κ3) is 5.63. The van der Waals surface area contributed by atoms with E-state index in [-0.39, 0.29) is 50.3 Å². The average Bonchev–Trinajstić information content (AvgIpc) is 2.66. The Morgan fingerprint density at radius 3 is 1.83 bits per heavy atom. The quantitative estimate of drug-likeness (QED) is 0.395. The van der Waals surface area contributed by atoms with Gasteiger partial charge in [0.1, 0.15) is 0 Å². The molecule has 1 aromatic rings. The molecule has 1 heterocycles. The van der Waals surface area contributed by atoms with Crippen molar-refractivity contribution in [3.8, 4) is 0 Å². The van der Waals surface area contributed by atoms with Crippen LogP contribution in [0.1, 0.15) is 18.1 Å². The minimum Gasteiger partial charge on any atom is -0.337 e. The van der Waals surface area contributed by atoms with E-state index in [9.17, 15) is 39.6 Å². The smallest absolute Gasteiger partial charge is 0.337 e. The summed E-state index contributed by atoms with van der Waals surface area (Å²) in [5.74, 6) is -0.386. The fourth-order valence-corrected chi connectivity index (χ4v) is 4.22. The number of sulfonamides is 1. The van der Waals surface area contributed by atoms with E-state index in [1.165, 1.54) is 17.1 Å². The summed E-state index contributed by atoms with van der Waals surface area (Å²) in [6.45, 7) is 1.12. The molecular weight excluding hydrogens is 438 g/mol. The topological polar surface area (TPSA) is 57.7 Å². The highest BCUT2D eigenvalue weighted by Crippen LogP contribution is 2.37. The summed E-state index contributed by atoms with van der Waals surface area (Å²) in [5, 5.41) is 0. The summed E-state index contributed by atoms with van der Waals surface area (Å²) in [4.78, 5) is 12.2. The van der Waals surface area contributed by atoms with E-state index in [0.717, 1.165) is 4.31 Å². The number of hydrogen-bond donors (Lipinski definition) is 0. The molecule has 0 aromatic heterocycles. The first-order valence-electron chi connectivity index (χ1n) is 8.64. The number of alkyl halides is 6. The number of amides is 1. The van der Waals surface area contributed by atoms with Crippen molar-refractivity contribution in [2.45, 2.75) is 24.2 Å². The predicted octanol–water partition coefficient (Wildman–Crippen LogP) is 3.69. The fourth-order valence-electron chi connectivity index (χ4n) is 2.73. The van der Waals surface area contributed by atoms with Crippen LogP contribution in [0.2, 0.25) is 0 Å². The minimum absolute atomic E-state index is 0.0522. The Bertz CT molecular complexity index is 911. The number of benzene rings is 1. The van der Waals surface area contributed by atoms with Crippen LogP contribution in [0.15, 0.2) is 47.4 Å². The van der Waals surface area contributed by atoms with Gasteiger partial charge in [-0.1, -0.05) is 18.2 Å². The molecule has 1 aromatic carbocycles. The van der Waals surface area contributed by atoms with Crippen LogP contribution >= 0.6 is 0 Å². The Labute approximate surface area is 169 Å². The molecule has 0 N–H and O–H groups in total. The van der Waals surface area contributed by atoms with Gasteiger partial charge in [0.2, 0.25) is 15.9 Å². The highest BCUT2D eigenvalue weighted by molar-refractivity contribution is 7.89. The molecule has 0 bridgehead atoms. The van der Waals surface area contributed by atoms with Crippen LogP contribution in [-0.4, -0.2) is 49.7 Å². The van der Waals surface area contributed by atoms with E-state index < -0.39 is 38.4 Å². The molecule has 0 atom stereocenters. The second-order valence-corrected chi connectivity index (χ2v) is 8.29. The predicted molar refractivity (Wildman–Crippen MR) is 95.7 cm³/mol. The van der Waals surface area contributed by atoms with Gasteiger partial charge in [-0.2, -0.15) is 30.6 Å². The van der Waals surface area contributed by atoms with Crippen LogP contribution < -0.4 is 0 Å². The minimum atomic E-state index is -5.16. The molecule has 0 saturated carbocycles. The Morgan fingerprint density at radius 1 is 0.900 bits per heavy atom. The van der Waals surface area contributed by atoms with Gasteiger partial charge >= 0.3 is 12.4 Å². The van der Waals surface area contributed by atoms with Gasteiger partial charge in [0.25, 0.3) is 0 Å². The van der Waals surface area contributed by atoms with Crippen LogP contribution in [0.4, 0.5) is 26.3 Å². The molecule has 1 amide bonds. The van der Waals surface area contributed by atoms with Crippen LogP contribution in [0.25, 0.3) is 0 Å². The molecule has 30 heavy (non-hydrogen) atoms. The van der Waals surface area contributed by atoms with Crippen molar-refractivity contribution in [1.82, 2.24) is 9.21 Å². The number of allylic oxidation sites excluding steroid dienone is 3. The molecule has 12 heteroatoms. The Morgan fingerprint density at radius 2 is 1.40 bits per heavy atom. The van der Waals surface area contributed by atoms with Gasteiger partial charge in [-0.25, -0.2) is 8.42 Å². The van der Waals surface area contributed by atoms with E-state index >= 15 is 0 Å². The largest absolute Gasteiger partial charge is 0.416 e. The first-order chi connectivity index (χ1) is 13.8. The molecular formula is C18H18F6N2O3S. The maximum atomic E-state index is 13.0. The second kappa shape index (κ2) is 8.80. The first kappa shape index (κ1) is 23.9. The summed E-state index contributed by atoms with van der Waals surface area (Å²) in [6.07, 6.45) is -4.24. The van der Waals surface area contributed by atoms with Gasteiger partial charge in [0.15, 0.2) is 0 Å².